The number of rotatable bonds is 3. The van der Waals surface area contributed by atoms with Crippen molar-refractivity contribution in [2.45, 2.75) is 47.0 Å². The maximum absolute atomic E-state index is 12.2. The van der Waals surface area contributed by atoms with Gasteiger partial charge < -0.3 is 15.1 Å². The molecule has 0 bridgehead atoms. The molecular weight excluding hydrogens is 254 g/mol. The van der Waals surface area contributed by atoms with Gasteiger partial charge in [0.15, 0.2) is 0 Å². The van der Waals surface area contributed by atoms with Gasteiger partial charge in [-0.15, -0.1) is 0 Å². The predicted molar refractivity (Wildman–Crippen MR) is 80.5 cm³/mol. The number of hydrogen-bond donors (Lipinski definition) is 1. The molecular formula is C15H29N3O2. The topological polar surface area (TPSA) is 52.7 Å². The van der Waals surface area contributed by atoms with E-state index in [1.54, 1.807) is 0 Å². The van der Waals surface area contributed by atoms with Crippen LogP contribution in [0.2, 0.25) is 0 Å². The fraction of sp³-hybridized carbons (Fsp3) is 0.867. The van der Waals surface area contributed by atoms with Crippen LogP contribution in [-0.2, 0) is 4.79 Å². The summed E-state index contributed by atoms with van der Waals surface area (Å²) in [5.74, 6) is 0.202. The minimum atomic E-state index is -0.00281. The maximum Gasteiger partial charge on any atom is 0.317 e. The number of nitrogens with one attached hydrogen (secondary N) is 1. The Kier molecular flexibility index (Phi) is 6.30. The summed E-state index contributed by atoms with van der Waals surface area (Å²) in [5, 5.41) is 2.90. The lowest BCUT2D eigenvalue weighted by molar-refractivity contribution is -0.132. The summed E-state index contributed by atoms with van der Waals surface area (Å²) in [4.78, 5) is 27.9. The predicted octanol–water partition coefficient (Wildman–Crippen LogP) is 2.08. The molecule has 0 radical (unpaired) electrons. The standard InChI is InChI=1S/C15H29N3O2/c1-5-7-16-14(20)18-9-6-8-17(10-11-18)13(19)12-15(2,3)4/h5-12H2,1-4H3,(H,16,20). The molecule has 1 aliphatic rings. The second kappa shape index (κ2) is 7.50. The molecule has 1 heterocycles. The number of nitrogens with zero attached hydrogens (tertiary/aromatic N) is 2. The number of urea groups is 1. The average Bonchev–Trinajstić information content (AvgIpc) is 2.59. The Labute approximate surface area is 122 Å². The first-order valence-corrected chi connectivity index (χ1v) is 7.64. The van der Waals surface area contributed by atoms with E-state index in [0.29, 0.717) is 26.1 Å². The fourth-order valence-electron chi connectivity index (χ4n) is 2.28. The Morgan fingerprint density at radius 3 is 2.25 bits per heavy atom. The van der Waals surface area contributed by atoms with Gasteiger partial charge in [0.05, 0.1) is 0 Å². The largest absolute Gasteiger partial charge is 0.341 e. The van der Waals surface area contributed by atoms with E-state index in [-0.39, 0.29) is 17.4 Å². The van der Waals surface area contributed by atoms with E-state index in [4.69, 9.17) is 0 Å². The quantitative estimate of drug-likeness (QED) is 0.862. The van der Waals surface area contributed by atoms with E-state index in [1.807, 2.05) is 16.7 Å². The van der Waals surface area contributed by atoms with Crippen molar-refractivity contribution in [1.82, 2.24) is 15.1 Å². The van der Waals surface area contributed by atoms with Crippen molar-refractivity contribution in [1.29, 1.82) is 0 Å². The van der Waals surface area contributed by atoms with Crippen LogP contribution in [0.5, 0.6) is 0 Å². The van der Waals surface area contributed by atoms with Crippen molar-refractivity contribution in [3.05, 3.63) is 0 Å². The second-order valence-electron chi connectivity index (χ2n) is 6.69. The van der Waals surface area contributed by atoms with Crippen LogP contribution < -0.4 is 5.32 Å². The highest BCUT2D eigenvalue weighted by Crippen LogP contribution is 2.20. The Bertz CT molecular complexity index is 337. The molecule has 5 heteroatoms. The first-order chi connectivity index (χ1) is 9.33. The van der Waals surface area contributed by atoms with Crippen LogP contribution >= 0.6 is 0 Å². The third-order valence-electron chi connectivity index (χ3n) is 3.34. The second-order valence-corrected chi connectivity index (χ2v) is 6.69. The van der Waals surface area contributed by atoms with Gasteiger partial charge in [-0.05, 0) is 18.3 Å². The zero-order chi connectivity index (χ0) is 15.2. The smallest absolute Gasteiger partial charge is 0.317 e. The zero-order valence-electron chi connectivity index (χ0n) is 13.4. The van der Waals surface area contributed by atoms with Crippen molar-refractivity contribution in [2.24, 2.45) is 5.41 Å². The summed E-state index contributed by atoms with van der Waals surface area (Å²) < 4.78 is 0. The van der Waals surface area contributed by atoms with Crippen LogP contribution in [-0.4, -0.2) is 54.5 Å². The van der Waals surface area contributed by atoms with Crippen molar-refractivity contribution in [3.8, 4) is 0 Å². The molecule has 1 aliphatic heterocycles. The molecule has 0 aromatic rings. The third-order valence-corrected chi connectivity index (χ3v) is 3.34. The first-order valence-electron chi connectivity index (χ1n) is 7.64. The van der Waals surface area contributed by atoms with Gasteiger partial charge in [0, 0.05) is 39.1 Å². The Balaban J connectivity index is 2.46. The van der Waals surface area contributed by atoms with E-state index in [9.17, 15) is 9.59 Å². The van der Waals surface area contributed by atoms with Gasteiger partial charge >= 0.3 is 6.03 Å². The molecule has 0 aliphatic carbocycles. The molecule has 1 N–H and O–H groups in total. The van der Waals surface area contributed by atoms with E-state index in [0.717, 1.165) is 25.9 Å². The lowest BCUT2D eigenvalue weighted by Crippen LogP contribution is -2.43. The summed E-state index contributed by atoms with van der Waals surface area (Å²) in [5.41, 5.74) is 0.0155. The summed E-state index contributed by atoms with van der Waals surface area (Å²) >= 11 is 0. The molecule has 5 nitrogen and oxygen atoms in total. The van der Waals surface area contributed by atoms with Gasteiger partial charge in [-0.2, -0.15) is 0 Å². The highest BCUT2D eigenvalue weighted by molar-refractivity contribution is 5.77. The Morgan fingerprint density at radius 1 is 1.05 bits per heavy atom. The monoisotopic (exact) mass is 283 g/mol. The average molecular weight is 283 g/mol. The van der Waals surface area contributed by atoms with Gasteiger partial charge in [0.1, 0.15) is 0 Å². The minimum absolute atomic E-state index is 0.00281. The van der Waals surface area contributed by atoms with Crippen molar-refractivity contribution >= 4 is 11.9 Å². The maximum atomic E-state index is 12.2. The lowest BCUT2D eigenvalue weighted by atomic mass is 9.91. The number of amides is 3. The molecule has 1 fully saturated rings. The van der Waals surface area contributed by atoms with Crippen molar-refractivity contribution in [3.63, 3.8) is 0 Å². The summed E-state index contributed by atoms with van der Waals surface area (Å²) in [6, 6.07) is -0.00281. The Hall–Kier alpha value is -1.26. The fourth-order valence-corrected chi connectivity index (χ4v) is 2.28. The molecule has 0 aromatic heterocycles. The van der Waals surface area contributed by atoms with E-state index >= 15 is 0 Å². The molecule has 116 valence electrons. The van der Waals surface area contributed by atoms with Crippen LogP contribution in [0.3, 0.4) is 0 Å². The summed E-state index contributed by atoms with van der Waals surface area (Å²) in [6.45, 7) is 11.7. The van der Waals surface area contributed by atoms with Crippen molar-refractivity contribution < 1.29 is 9.59 Å². The molecule has 0 atom stereocenters. The first kappa shape index (κ1) is 16.8. The molecule has 1 saturated heterocycles. The number of carbonyl (C=O) groups is 2. The van der Waals surface area contributed by atoms with Crippen LogP contribution in [0.25, 0.3) is 0 Å². The molecule has 0 spiro atoms. The Morgan fingerprint density at radius 2 is 1.65 bits per heavy atom. The number of hydrogen-bond acceptors (Lipinski definition) is 2. The van der Waals surface area contributed by atoms with Gasteiger partial charge in [-0.1, -0.05) is 27.7 Å². The van der Waals surface area contributed by atoms with Gasteiger partial charge in [-0.25, -0.2) is 4.79 Å². The van der Waals surface area contributed by atoms with Gasteiger partial charge in [0.2, 0.25) is 5.91 Å². The normalized spacial score (nSPS) is 16.8. The SMILES string of the molecule is CCCNC(=O)N1CCCN(C(=O)CC(C)(C)C)CC1. The molecule has 0 unspecified atom stereocenters. The molecule has 3 amide bonds. The van der Waals surface area contributed by atoms with E-state index < -0.39 is 0 Å². The molecule has 0 aromatic carbocycles. The van der Waals surface area contributed by atoms with Crippen LogP contribution in [0.15, 0.2) is 0 Å². The third kappa shape index (κ3) is 5.80. The number of carbonyl (C=O) groups excluding carboxylic acids is 2. The highest BCUT2D eigenvalue weighted by Gasteiger charge is 2.24. The molecule has 0 saturated carbocycles. The summed E-state index contributed by atoms with van der Waals surface area (Å²) in [7, 11) is 0. The zero-order valence-corrected chi connectivity index (χ0v) is 13.4. The van der Waals surface area contributed by atoms with Crippen LogP contribution in [0.1, 0.15) is 47.0 Å². The highest BCUT2D eigenvalue weighted by atomic mass is 16.2. The van der Waals surface area contributed by atoms with E-state index in [1.165, 1.54) is 0 Å². The summed E-state index contributed by atoms with van der Waals surface area (Å²) in [6.07, 6.45) is 2.36. The van der Waals surface area contributed by atoms with Gasteiger partial charge in [0.25, 0.3) is 0 Å². The van der Waals surface area contributed by atoms with E-state index in [2.05, 4.69) is 26.1 Å². The van der Waals surface area contributed by atoms with Crippen molar-refractivity contribution in [2.75, 3.05) is 32.7 Å². The minimum Gasteiger partial charge on any atom is -0.341 e. The van der Waals surface area contributed by atoms with Crippen LogP contribution in [0, 0.1) is 5.41 Å². The van der Waals surface area contributed by atoms with Gasteiger partial charge in [-0.3, -0.25) is 4.79 Å². The molecule has 1 rings (SSSR count). The lowest BCUT2D eigenvalue weighted by Gasteiger charge is -2.25. The van der Waals surface area contributed by atoms with Crippen LogP contribution in [0.4, 0.5) is 4.79 Å². The molecule has 20 heavy (non-hydrogen) atoms.